The molecule has 0 heterocycles. The first-order valence-corrected chi connectivity index (χ1v) is 7.68. The van der Waals surface area contributed by atoms with Gasteiger partial charge in [0.1, 0.15) is 0 Å². The van der Waals surface area contributed by atoms with E-state index in [1.165, 1.54) is 25.7 Å². The topological polar surface area (TPSA) is 48.9 Å². The van der Waals surface area contributed by atoms with E-state index in [4.69, 9.17) is 4.74 Å². The summed E-state index contributed by atoms with van der Waals surface area (Å²) in [6.45, 7) is 6.82. The van der Waals surface area contributed by atoms with Gasteiger partial charge in [0.05, 0.1) is 5.60 Å². The molecule has 0 saturated heterocycles. The summed E-state index contributed by atoms with van der Waals surface area (Å²) in [4.78, 5) is 6.70. The van der Waals surface area contributed by atoms with E-state index in [2.05, 4.69) is 41.4 Å². The van der Waals surface area contributed by atoms with Gasteiger partial charge in [0, 0.05) is 39.8 Å². The molecule has 1 saturated carbocycles. The number of guanidine groups is 1. The molecule has 1 fully saturated rings. The fourth-order valence-corrected chi connectivity index (χ4v) is 2.47. The Morgan fingerprint density at radius 2 is 1.95 bits per heavy atom. The van der Waals surface area contributed by atoms with E-state index in [9.17, 15) is 0 Å². The van der Waals surface area contributed by atoms with E-state index in [0.29, 0.717) is 0 Å². The van der Waals surface area contributed by atoms with Crippen LogP contribution in [0.3, 0.4) is 0 Å². The van der Waals surface area contributed by atoms with Crippen molar-refractivity contribution in [2.24, 2.45) is 4.99 Å². The van der Waals surface area contributed by atoms with Gasteiger partial charge in [0.2, 0.25) is 0 Å². The highest BCUT2D eigenvalue weighted by Gasteiger charge is 2.19. The van der Waals surface area contributed by atoms with Crippen LogP contribution in [-0.4, -0.2) is 63.3 Å². The molecule has 1 rings (SSSR count). The van der Waals surface area contributed by atoms with Crippen LogP contribution in [0, 0.1) is 0 Å². The Balaban J connectivity index is 2.21. The zero-order valence-electron chi connectivity index (χ0n) is 13.8. The van der Waals surface area contributed by atoms with Crippen LogP contribution in [-0.2, 0) is 4.74 Å². The number of methoxy groups -OCH3 is 1. The molecule has 0 aliphatic heterocycles. The lowest BCUT2D eigenvalue weighted by atomic mass is 10.1. The van der Waals surface area contributed by atoms with Crippen molar-refractivity contribution in [1.29, 1.82) is 0 Å². The molecule has 0 radical (unpaired) electrons. The summed E-state index contributed by atoms with van der Waals surface area (Å²) in [5.41, 5.74) is -0.182. The van der Waals surface area contributed by atoms with E-state index in [-0.39, 0.29) is 5.60 Å². The maximum atomic E-state index is 5.39. The number of hydrogen-bond acceptors (Lipinski definition) is 3. The third kappa shape index (κ3) is 6.09. The lowest BCUT2D eigenvalue weighted by Crippen LogP contribution is -2.47. The van der Waals surface area contributed by atoms with Crippen molar-refractivity contribution in [3.63, 3.8) is 0 Å². The molecule has 0 atom stereocenters. The van der Waals surface area contributed by atoms with Gasteiger partial charge in [0.15, 0.2) is 5.96 Å². The normalized spacial score (nSPS) is 17.8. The quantitative estimate of drug-likeness (QED) is 0.549. The summed E-state index contributed by atoms with van der Waals surface area (Å²) < 4.78 is 5.39. The molecule has 20 heavy (non-hydrogen) atoms. The molecule has 2 N–H and O–H groups in total. The molecular formula is C15H32N4O. The van der Waals surface area contributed by atoms with Gasteiger partial charge in [-0.15, -0.1) is 0 Å². The predicted octanol–water partition coefficient (Wildman–Crippen LogP) is 1.45. The first kappa shape index (κ1) is 17.2. The molecular weight excluding hydrogens is 252 g/mol. The molecule has 0 bridgehead atoms. The minimum absolute atomic E-state index is 0.182. The molecule has 0 amide bonds. The fraction of sp³-hybridized carbons (Fsp3) is 0.933. The molecule has 5 nitrogen and oxygen atoms in total. The molecule has 118 valence electrons. The number of aliphatic imine (C=N–C) groups is 1. The highest BCUT2D eigenvalue weighted by molar-refractivity contribution is 5.79. The maximum absolute atomic E-state index is 5.39. The Morgan fingerprint density at radius 3 is 2.50 bits per heavy atom. The van der Waals surface area contributed by atoms with E-state index in [1.807, 2.05) is 0 Å². The van der Waals surface area contributed by atoms with Gasteiger partial charge in [-0.25, -0.2) is 0 Å². The standard InChI is InChI=1S/C15H32N4O/c1-15(2,20-5)12-18-14(16-3)17-10-11-19(4)13-8-6-7-9-13/h13H,6-12H2,1-5H3,(H2,16,17,18). The van der Waals surface area contributed by atoms with E-state index in [0.717, 1.165) is 31.6 Å². The smallest absolute Gasteiger partial charge is 0.191 e. The van der Waals surface area contributed by atoms with Crippen LogP contribution >= 0.6 is 0 Å². The third-order valence-corrected chi connectivity index (χ3v) is 4.16. The number of likely N-dealkylation sites (N-methyl/N-ethyl adjacent to an activating group) is 1. The van der Waals surface area contributed by atoms with Gasteiger partial charge in [-0.1, -0.05) is 12.8 Å². The summed E-state index contributed by atoms with van der Waals surface area (Å²) in [5, 5.41) is 6.66. The van der Waals surface area contributed by atoms with E-state index >= 15 is 0 Å². The molecule has 0 aromatic rings. The van der Waals surface area contributed by atoms with Crippen LogP contribution in [0.1, 0.15) is 39.5 Å². The second-order valence-corrected chi connectivity index (χ2v) is 6.24. The number of nitrogens with one attached hydrogen (secondary N) is 2. The van der Waals surface area contributed by atoms with Gasteiger partial charge in [0.25, 0.3) is 0 Å². The number of nitrogens with zero attached hydrogens (tertiary/aromatic N) is 2. The van der Waals surface area contributed by atoms with Gasteiger partial charge in [-0.3, -0.25) is 4.99 Å². The monoisotopic (exact) mass is 284 g/mol. The molecule has 0 aromatic carbocycles. The second kappa shape index (κ2) is 8.47. The maximum Gasteiger partial charge on any atom is 0.191 e. The highest BCUT2D eigenvalue weighted by atomic mass is 16.5. The predicted molar refractivity (Wildman–Crippen MR) is 85.3 cm³/mol. The SMILES string of the molecule is CN=C(NCCN(C)C1CCCC1)NCC(C)(C)OC. The Bertz CT molecular complexity index is 298. The molecule has 0 spiro atoms. The number of rotatable bonds is 7. The van der Waals surface area contributed by atoms with Crippen LogP contribution in [0.4, 0.5) is 0 Å². The Morgan fingerprint density at radius 1 is 1.30 bits per heavy atom. The lowest BCUT2D eigenvalue weighted by molar-refractivity contribution is 0.0268. The summed E-state index contributed by atoms with van der Waals surface area (Å²) in [5.74, 6) is 0.843. The van der Waals surface area contributed by atoms with Gasteiger partial charge >= 0.3 is 0 Å². The zero-order valence-corrected chi connectivity index (χ0v) is 13.8. The van der Waals surface area contributed by atoms with E-state index in [1.54, 1.807) is 14.2 Å². The third-order valence-electron chi connectivity index (χ3n) is 4.16. The summed E-state index contributed by atoms with van der Waals surface area (Å²) in [7, 11) is 5.76. The Labute approximate surface area is 124 Å². The summed E-state index contributed by atoms with van der Waals surface area (Å²) >= 11 is 0. The molecule has 1 aliphatic carbocycles. The summed E-state index contributed by atoms with van der Waals surface area (Å²) in [6, 6.07) is 0.777. The lowest BCUT2D eigenvalue weighted by Gasteiger charge is -2.26. The van der Waals surface area contributed by atoms with Crippen LogP contribution in [0.25, 0.3) is 0 Å². The molecule has 1 aliphatic rings. The van der Waals surface area contributed by atoms with Gasteiger partial charge in [-0.2, -0.15) is 0 Å². The zero-order chi connectivity index (χ0) is 15.0. The summed E-state index contributed by atoms with van der Waals surface area (Å²) in [6.07, 6.45) is 5.48. The van der Waals surface area contributed by atoms with Crippen molar-refractivity contribution in [2.45, 2.75) is 51.2 Å². The highest BCUT2D eigenvalue weighted by Crippen LogP contribution is 2.21. The first-order chi connectivity index (χ1) is 9.48. The van der Waals surface area contributed by atoms with Crippen molar-refractivity contribution < 1.29 is 4.74 Å². The molecule has 5 heteroatoms. The Kier molecular flexibility index (Phi) is 7.30. The van der Waals surface area contributed by atoms with E-state index < -0.39 is 0 Å². The number of ether oxygens (including phenoxy) is 1. The van der Waals surface area contributed by atoms with Crippen molar-refractivity contribution >= 4 is 5.96 Å². The Hall–Kier alpha value is -0.810. The van der Waals surface area contributed by atoms with Crippen molar-refractivity contribution in [1.82, 2.24) is 15.5 Å². The van der Waals surface area contributed by atoms with Crippen LogP contribution < -0.4 is 10.6 Å². The largest absolute Gasteiger partial charge is 0.377 e. The van der Waals surface area contributed by atoms with Crippen molar-refractivity contribution in [3.05, 3.63) is 0 Å². The second-order valence-electron chi connectivity index (χ2n) is 6.24. The van der Waals surface area contributed by atoms with Crippen LogP contribution in [0.5, 0.6) is 0 Å². The number of hydrogen-bond donors (Lipinski definition) is 2. The minimum atomic E-state index is -0.182. The van der Waals surface area contributed by atoms with Crippen LogP contribution in [0.2, 0.25) is 0 Å². The average molecular weight is 284 g/mol. The fourth-order valence-electron chi connectivity index (χ4n) is 2.47. The molecule has 0 unspecified atom stereocenters. The van der Waals surface area contributed by atoms with Gasteiger partial charge < -0.3 is 20.3 Å². The van der Waals surface area contributed by atoms with Gasteiger partial charge in [-0.05, 0) is 33.7 Å². The van der Waals surface area contributed by atoms with Crippen LogP contribution in [0.15, 0.2) is 4.99 Å². The first-order valence-electron chi connectivity index (χ1n) is 7.68. The average Bonchev–Trinajstić information content (AvgIpc) is 2.96. The molecule has 0 aromatic heterocycles. The van der Waals surface area contributed by atoms with Crippen molar-refractivity contribution in [3.8, 4) is 0 Å². The van der Waals surface area contributed by atoms with Crippen molar-refractivity contribution in [2.75, 3.05) is 40.8 Å². The minimum Gasteiger partial charge on any atom is -0.377 e.